The first-order valence-electron chi connectivity index (χ1n) is 5.19. The summed E-state index contributed by atoms with van der Waals surface area (Å²) in [6.45, 7) is 6.54. The van der Waals surface area contributed by atoms with E-state index in [4.69, 9.17) is 11.6 Å². The second kappa shape index (κ2) is 5.72. The summed E-state index contributed by atoms with van der Waals surface area (Å²) in [6.07, 6.45) is 3.01. The van der Waals surface area contributed by atoms with E-state index in [0.717, 1.165) is 19.3 Å². The van der Waals surface area contributed by atoms with Crippen LogP contribution < -0.4 is 0 Å². The fraction of sp³-hybridized carbons (Fsp3) is 0.727. The molecule has 0 radical (unpaired) electrons. The van der Waals surface area contributed by atoms with Crippen LogP contribution in [0.2, 0.25) is 0 Å². The fourth-order valence-electron chi connectivity index (χ4n) is 1.39. The summed E-state index contributed by atoms with van der Waals surface area (Å²) in [5.74, 6) is 0.670. The highest BCUT2D eigenvalue weighted by Crippen LogP contribution is 2.19. The van der Waals surface area contributed by atoms with Crippen LogP contribution in [0, 0.1) is 5.92 Å². The van der Waals surface area contributed by atoms with E-state index < -0.39 is 0 Å². The van der Waals surface area contributed by atoms with Gasteiger partial charge in [-0.2, -0.15) is 0 Å². The number of aromatic nitrogens is 1. The van der Waals surface area contributed by atoms with Gasteiger partial charge in [0, 0.05) is 17.2 Å². The lowest BCUT2D eigenvalue weighted by atomic mass is 10.1. The molecule has 1 unspecified atom stereocenters. The minimum Gasteiger partial charge on any atom is -0.246 e. The number of thiazole rings is 1. The smallest absolute Gasteiger partial charge is 0.0942 e. The average molecular weight is 232 g/mol. The van der Waals surface area contributed by atoms with Crippen LogP contribution in [0.5, 0.6) is 0 Å². The normalized spacial score (nSPS) is 13.5. The molecule has 0 bridgehead atoms. The molecule has 1 atom stereocenters. The topological polar surface area (TPSA) is 12.9 Å². The molecule has 14 heavy (non-hydrogen) atoms. The number of alkyl halides is 1. The zero-order valence-electron chi connectivity index (χ0n) is 9.09. The lowest BCUT2D eigenvalue weighted by Crippen LogP contribution is -2.06. The van der Waals surface area contributed by atoms with Crippen molar-refractivity contribution in [3.63, 3.8) is 0 Å². The highest BCUT2D eigenvalue weighted by Gasteiger charge is 2.10. The van der Waals surface area contributed by atoms with Gasteiger partial charge in [0.05, 0.1) is 10.7 Å². The Balaban J connectivity index is 2.43. The molecule has 0 spiro atoms. The van der Waals surface area contributed by atoms with Crippen molar-refractivity contribution in [1.82, 2.24) is 4.98 Å². The van der Waals surface area contributed by atoms with Crippen LogP contribution in [-0.2, 0) is 12.8 Å². The van der Waals surface area contributed by atoms with E-state index in [1.165, 1.54) is 10.7 Å². The summed E-state index contributed by atoms with van der Waals surface area (Å²) in [6, 6.07) is 0. The second-order valence-electron chi connectivity index (χ2n) is 4.02. The lowest BCUT2D eigenvalue weighted by molar-refractivity contribution is 0.561. The van der Waals surface area contributed by atoms with Crippen molar-refractivity contribution in [3.8, 4) is 0 Å². The third-order valence-electron chi connectivity index (χ3n) is 2.08. The molecule has 3 heteroatoms. The summed E-state index contributed by atoms with van der Waals surface area (Å²) in [7, 11) is 0. The molecule has 0 aliphatic carbocycles. The molecule has 0 aliphatic heterocycles. The molecule has 0 saturated heterocycles. The van der Waals surface area contributed by atoms with Crippen LogP contribution in [0.3, 0.4) is 0 Å². The molecule has 0 saturated carbocycles. The number of aryl methyl sites for hydroxylation is 1. The lowest BCUT2D eigenvalue weighted by Gasteiger charge is -2.09. The van der Waals surface area contributed by atoms with Crippen LogP contribution in [0.15, 0.2) is 5.38 Å². The Morgan fingerprint density at radius 2 is 2.21 bits per heavy atom. The van der Waals surface area contributed by atoms with E-state index >= 15 is 0 Å². The summed E-state index contributed by atoms with van der Waals surface area (Å²) < 4.78 is 0. The van der Waals surface area contributed by atoms with Crippen molar-refractivity contribution in [2.24, 2.45) is 5.92 Å². The minimum atomic E-state index is 0.242. The Morgan fingerprint density at radius 1 is 1.50 bits per heavy atom. The average Bonchev–Trinajstić information content (AvgIpc) is 2.50. The van der Waals surface area contributed by atoms with Crippen molar-refractivity contribution in [2.45, 2.75) is 45.4 Å². The second-order valence-corrected chi connectivity index (χ2v) is 5.58. The third kappa shape index (κ3) is 3.97. The monoisotopic (exact) mass is 231 g/mol. The molecule has 1 rings (SSSR count). The maximum absolute atomic E-state index is 6.23. The summed E-state index contributed by atoms with van der Waals surface area (Å²) in [5.41, 5.74) is 1.19. The molecule has 1 heterocycles. The summed E-state index contributed by atoms with van der Waals surface area (Å²) in [5, 5.41) is 3.56. The zero-order valence-corrected chi connectivity index (χ0v) is 10.7. The van der Waals surface area contributed by atoms with Crippen LogP contribution in [0.25, 0.3) is 0 Å². The van der Waals surface area contributed by atoms with Crippen molar-refractivity contribution >= 4 is 22.9 Å². The van der Waals surface area contributed by atoms with Gasteiger partial charge in [0.1, 0.15) is 0 Å². The molecule has 0 N–H and O–H groups in total. The molecule has 1 aromatic rings. The van der Waals surface area contributed by atoms with Crippen molar-refractivity contribution in [3.05, 3.63) is 16.1 Å². The van der Waals surface area contributed by atoms with Gasteiger partial charge in [0.15, 0.2) is 0 Å². The Bertz CT molecular complexity index is 270. The van der Waals surface area contributed by atoms with E-state index in [-0.39, 0.29) is 5.38 Å². The predicted octanol–water partition coefficient (Wildman–Crippen LogP) is 3.90. The Hall–Kier alpha value is -0.0800. The van der Waals surface area contributed by atoms with Gasteiger partial charge < -0.3 is 0 Å². The van der Waals surface area contributed by atoms with Crippen molar-refractivity contribution in [2.75, 3.05) is 0 Å². The van der Waals surface area contributed by atoms with Crippen LogP contribution >= 0.6 is 22.9 Å². The Labute approximate surface area is 95.5 Å². The quantitative estimate of drug-likeness (QED) is 0.701. The van der Waals surface area contributed by atoms with Crippen LogP contribution in [0.1, 0.15) is 37.9 Å². The third-order valence-corrected chi connectivity index (χ3v) is 3.34. The van der Waals surface area contributed by atoms with Gasteiger partial charge >= 0.3 is 0 Å². The number of halogens is 1. The molecule has 0 fully saturated rings. The number of rotatable bonds is 5. The molecule has 0 aromatic carbocycles. The molecule has 1 aromatic heterocycles. The van der Waals surface area contributed by atoms with Gasteiger partial charge in [-0.3, -0.25) is 0 Å². The highest BCUT2D eigenvalue weighted by molar-refractivity contribution is 7.09. The van der Waals surface area contributed by atoms with E-state index in [9.17, 15) is 0 Å². The van der Waals surface area contributed by atoms with Crippen molar-refractivity contribution < 1.29 is 0 Å². The first-order valence-corrected chi connectivity index (χ1v) is 6.50. The molecule has 0 aliphatic rings. The molecule has 0 amide bonds. The van der Waals surface area contributed by atoms with E-state index in [0.29, 0.717) is 5.92 Å². The summed E-state index contributed by atoms with van der Waals surface area (Å²) >= 11 is 7.96. The SMILES string of the molecule is CCc1csc(CC(Cl)CC(C)C)n1. The minimum absolute atomic E-state index is 0.242. The number of hydrogen-bond acceptors (Lipinski definition) is 2. The molecular formula is C11H18ClNS. The fourth-order valence-corrected chi connectivity index (χ4v) is 2.94. The van der Waals surface area contributed by atoms with Gasteiger partial charge in [-0.1, -0.05) is 20.8 Å². The standard InChI is InChI=1S/C11H18ClNS/c1-4-10-7-14-11(13-10)6-9(12)5-8(2)3/h7-9H,4-6H2,1-3H3. The molecule has 1 nitrogen and oxygen atoms in total. The summed E-state index contributed by atoms with van der Waals surface area (Å²) in [4.78, 5) is 4.51. The predicted molar refractivity (Wildman–Crippen MR) is 64.3 cm³/mol. The number of nitrogens with zero attached hydrogens (tertiary/aromatic N) is 1. The first-order chi connectivity index (χ1) is 6.61. The van der Waals surface area contributed by atoms with Crippen LogP contribution in [-0.4, -0.2) is 10.4 Å². The Morgan fingerprint density at radius 3 is 2.71 bits per heavy atom. The van der Waals surface area contributed by atoms with E-state index in [1.54, 1.807) is 11.3 Å². The van der Waals surface area contributed by atoms with Crippen LogP contribution in [0.4, 0.5) is 0 Å². The molecule has 80 valence electrons. The van der Waals surface area contributed by atoms with Crippen molar-refractivity contribution in [1.29, 1.82) is 0 Å². The molecular weight excluding hydrogens is 214 g/mol. The van der Waals surface area contributed by atoms with Gasteiger partial charge in [-0.05, 0) is 18.8 Å². The highest BCUT2D eigenvalue weighted by atomic mass is 35.5. The van der Waals surface area contributed by atoms with E-state index in [2.05, 4.69) is 31.1 Å². The van der Waals surface area contributed by atoms with Gasteiger partial charge in [0.25, 0.3) is 0 Å². The van der Waals surface area contributed by atoms with Gasteiger partial charge in [0.2, 0.25) is 0 Å². The van der Waals surface area contributed by atoms with E-state index in [1.807, 2.05) is 0 Å². The number of hydrogen-bond donors (Lipinski definition) is 0. The van der Waals surface area contributed by atoms with Gasteiger partial charge in [-0.15, -0.1) is 22.9 Å². The Kier molecular flexibility index (Phi) is 4.90. The maximum atomic E-state index is 6.23. The maximum Gasteiger partial charge on any atom is 0.0942 e. The first kappa shape index (κ1) is 12.0. The zero-order chi connectivity index (χ0) is 10.6. The largest absolute Gasteiger partial charge is 0.246 e. The van der Waals surface area contributed by atoms with Gasteiger partial charge in [-0.25, -0.2) is 4.98 Å².